The summed E-state index contributed by atoms with van der Waals surface area (Å²) in [4.78, 5) is 16.4. The van der Waals surface area contributed by atoms with Gasteiger partial charge < -0.3 is 24.7 Å². The third-order valence-electron chi connectivity index (χ3n) is 3.98. The molecule has 128 valence electrons. The van der Waals surface area contributed by atoms with Crippen molar-refractivity contribution >= 4 is 22.7 Å². The van der Waals surface area contributed by atoms with Crippen LogP contribution >= 0.6 is 0 Å². The monoisotopic (exact) mass is 339 g/mol. The maximum absolute atomic E-state index is 12.1. The van der Waals surface area contributed by atoms with Gasteiger partial charge in [0.15, 0.2) is 5.69 Å². The summed E-state index contributed by atoms with van der Waals surface area (Å²) in [7, 11) is 1.26. The molecule has 0 fully saturated rings. The Labute approximate surface area is 143 Å². The molecular weight excluding hydrogens is 322 g/mol. The fraction of sp³-hybridized carbons (Fsp3) is 0.235. The number of aliphatic hydroxyl groups is 1. The molecule has 1 aromatic carbocycles. The number of aryl methyl sites for hydroxylation is 1. The molecule has 0 aliphatic carbocycles. The first kappa shape index (κ1) is 16.5. The highest BCUT2D eigenvalue weighted by molar-refractivity contribution is 5.96. The fourth-order valence-electron chi connectivity index (χ4n) is 2.74. The maximum atomic E-state index is 12.1. The van der Waals surface area contributed by atoms with Gasteiger partial charge >= 0.3 is 5.97 Å². The van der Waals surface area contributed by atoms with E-state index in [0.29, 0.717) is 18.7 Å². The van der Waals surface area contributed by atoms with Crippen LogP contribution in [0.5, 0.6) is 0 Å². The number of ether oxygens (including phenoxy) is 1. The average molecular weight is 339 g/mol. The molecule has 0 aliphatic heterocycles. The molecule has 3 aromatic rings. The predicted octanol–water partition coefficient (Wildman–Crippen LogP) is 1.45. The number of esters is 1. The summed E-state index contributed by atoms with van der Waals surface area (Å²) in [5, 5.41) is 18.2. The number of benzene rings is 1. The van der Waals surface area contributed by atoms with Gasteiger partial charge in [-0.25, -0.2) is 9.78 Å². The Morgan fingerprint density at radius 2 is 2.28 bits per heavy atom. The van der Waals surface area contributed by atoms with Crippen LogP contribution in [0.25, 0.3) is 16.7 Å². The van der Waals surface area contributed by atoms with Crippen molar-refractivity contribution in [3.05, 3.63) is 42.0 Å². The number of carbonyl (C=O) groups is 1. The predicted molar refractivity (Wildman–Crippen MR) is 91.2 cm³/mol. The normalized spacial score (nSPS) is 10.8. The highest BCUT2D eigenvalue weighted by Gasteiger charge is 2.22. The van der Waals surface area contributed by atoms with Crippen molar-refractivity contribution in [2.75, 3.05) is 19.5 Å². The summed E-state index contributed by atoms with van der Waals surface area (Å²) in [5.74, 6) is -0.618. The van der Waals surface area contributed by atoms with E-state index in [2.05, 4.69) is 4.98 Å². The molecule has 0 saturated carbocycles. The summed E-state index contributed by atoms with van der Waals surface area (Å²) < 4.78 is 8.26. The molecule has 2 aromatic heterocycles. The topological polar surface area (TPSA) is 119 Å². The number of fused-ring (bicyclic) bond motifs is 1. The third kappa shape index (κ3) is 2.81. The van der Waals surface area contributed by atoms with E-state index < -0.39 is 5.97 Å². The maximum Gasteiger partial charge on any atom is 0.357 e. The molecule has 3 N–H and O–H groups in total. The molecule has 0 saturated heterocycles. The Balaban J connectivity index is 2.11. The second-order valence-electron chi connectivity index (χ2n) is 5.47. The van der Waals surface area contributed by atoms with Crippen LogP contribution in [-0.2, 0) is 11.3 Å². The molecule has 25 heavy (non-hydrogen) atoms. The van der Waals surface area contributed by atoms with E-state index in [-0.39, 0.29) is 23.6 Å². The lowest BCUT2D eigenvalue weighted by atomic mass is 10.2. The molecule has 0 unspecified atom stereocenters. The van der Waals surface area contributed by atoms with Crippen molar-refractivity contribution in [3.63, 3.8) is 0 Å². The van der Waals surface area contributed by atoms with Crippen LogP contribution in [0, 0.1) is 11.3 Å². The number of hydrogen-bond acceptors (Lipinski definition) is 6. The van der Waals surface area contributed by atoms with Crippen LogP contribution in [0.3, 0.4) is 0 Å². The summed E-state index contributed by atoms with van der Waals surface area (Å²) in [6.45, 7) is 0.772. The van der Waals surface area contributed by atoms with Crippen LogP contribution in [-0.4, -0.2) is 38.9 Å². The van der Waals surface area contributed by atoms with Gasteiger partial charge in [0.25, 0.3) is 0 Å². The largest absolute Gasteiger partial charge is 0.464 e. The Morgan fingerprint density at radius 3 is 2.96 bits per heavy atom. The number of hydrogen-bond donors (Lipinski definition) is 2. The summed E-state index contributed by atoms with van der Waals surface area (Å²) in [6.07, 6.45) is 3.85. The van der Waals surface area contributed by atoms with Gasteiger partial charge in [0.1, 0.15) is 6.07 Å². The van der Waals surface area contributed by atoms with Gasteiger partial charge in [-0.3, -0.25) is 0 Å². The van der Waals surface area contributed by atoms with E-state index in [1.165, 1.54) is 17.9 Å². The number of anilines is 1. The highest BCUT2D eigenvalue weighted by atomic mass is 16.5. The fourth-order valence-corrected chi connectivity index (χ4v) is 2.74. The molecule has 0 spiro atoms. The van der Waals surface area contributed by atoms with Gasteiger partial charge in [-0.1, -0.05) is 0 Å². The van der Waals surface area contributed by atoms with E-state index in [0.717, 1.165) is 11.0 Å². The quantitative estimate of drug-likeness (QED) is 0.679. The Kier molecular flexibility index (Phi) is 4.41. The molecule has 0 amide bonds. The number of imidazole rings is 1. The molecule has 0 radical (unpaired) electrons. The van der Waals surface area contributed by atoms with E-state index in [1.54, 1.807) is 12.4 Å². The lowest BCUT2D eigenvalue weighted by molar-refractivity contribution is 0.0593. The van der Waals surface area contributed by atoms with Gasteiger partial charge in [-0.2, -0.15) is 5.26 Å². The first-order valence-corrected chi connectivity index (χ1v) is 7.66. The zero-order valence-corrected chi connectivity index (χ0v) is 13.6. The minimum atomic E-state index is -0.618. The average Bonchev–Trinajstić information content (AvgIpc) is 3.19. The lowest BCUT2D eigenvalue weighted by Gasteiger charge is -2.09. The molecule has 0 atom stereocenters. The second kappa shape index (κ2) is 6.67. The molecule has 0 aliphatic rings. The van der Waals surface area contributed by atoms with Crippen LogP contribution < -0.4 is 5.73 Å². The minimum absolute atomic E-state index is 0.0860. The number of aromatic nitrogens is 3. The van der Waals surface area contributed by atoms with Crippen LogP contribution in [0.1, 0.15) is 22.5 Å². The molecule has 8 nitrogen and oxygen atoms in total. The molecular formula is C17H17N5O3. The molecule has 2 heterocycles. The van der Waals surface area contributed by atoms with Crippen molar-refractivity contribution in [1.29, 1.82) is 5.26 Å². The van der Waals surface area contributed by atoms with E-state index in [4.69, 9.17) is 15.6 Å². The summed E-state index contributed by atoms with van der Waals surface area (Å²) in [5.41, 5.74) is 8.61. The Bertz CT molecular complexity index is 980. The minimum Gasteiger partial charge on any atom is -0.464 e. The smallest absolute Gasteiger partial charge is 0.357 e. The standard InChI is InChI=1S/C17H17N5O3/c1-25-17(24)16-15(19)11(8-18)9-22(16)12-3-4-14-13(7-12)20-10-21(14)5-2-6-23/h3-4,7,9-10,23H,2,5-6,19H2,1H3. The van der Waals surface area contributed by atoms with Gasteiger partial charge in [0.05, 0.1) is 35.7 Å². The van der Waals surface area contributed by atoms with Gasteiger partial charge in [-0.15, -0.1) is 0 Å². The number of methoxy groups -OCH3 is 1. The third-order valence-corrected chi connectivity index (χ3v) is 3.98. The van der Waals surface area contributed by atoms with Crippen molar-refractivity contribution in [3.8, 4) is 11.8 Å². The number of nitrogens with two attached hydrogens (primary N) is 1. The van der Waals surface area contributed by atoms with Crippen molar-refractivity contribution in [1.82, 2.24) is 14.1 Å². The van der Waals surface area contributed by atoms with Crippen LogP contribution in [0.15, 0.2) is 30.7 Å². The highest BCUT2D eigenvalue weighted by Crippen LogP contribution is 2.26. The first-order chi connectivity index (χ1) is 12.1. The van der Waals surface area contributed by atoms with E-state index >= 15 is 0 Å². The van der Waals surface area contributed by atoms with E-state index in [9.17, 15) is 10.1 Å². The number of carbonyl (C=O) groups excluding carboxylic acids is 1. The number of nitrogens with zero attached hydrogens (tertiary/aromatic N) is 4. The molecule has 3 rings (SSSR count). The van der Waals surface area contributed by atoms with Crippen molar-refractivity contribution < 1.29 is 14.6 Å². The van der Waals surface area contributed by atoms with Gasteiger partial charge in [0, 0.05) is 25.0 Å². The SMILES string of the molecule is COC(=O)c1c(N)c(C#N)cn1-c1ccc2c(c1)ncn2CCCO. The van der Waals surface area contributed by atoms with Crippen LogP contribution in [0.2, 0.25) is 0 Å². The van der Waals surface area contributed by atoms with Crippen LogP contribution in [0.4, 0.5) is 5.69 Å². The Morgan fingerprint density at radius 1 is 1.48 bits per heavy atom. The zero-order valence-electron chi connectivity index (χ0n) is 13.6. The number of nitrogen functional groups attached to an aromatic ring is 1. The molecule has 0 bridgehead atoms. The van der Waals surface area contributed by atoms with Gasteiger partial charge in [0.2, 0.25) is 0 Å². The molecule has 8 heteroatoms. The zero-order chi connectivity index (χ0) is 18.0. The lowest BCUT2D eigenvalue weighted by Crippen LogP contribution is -2.11. The van der Waals surface area contributed by atoms with Crippen molar-refractivity contribution in [2.24, 2.45) is 0 Å². The summed E-state index contributed by atoms with van der Waals surface area (Å²) >= 11 is 0. The number of nitriles is 1. The summed E-state index contributed by atoms with van der Waals surface area (Å²) in [6, 6.07) is 7.46. The first-order valence-electron chi connectivity index (χ1n) is 7.66. The number of rotatable bonds is 5. The second-order valence-corrected chi connectivity index (χ2v) is 5.47. The van der Waals surface area contributed by atoms with E-state index in [1.807, 2.05) is 22.8 Å². The Hall–Kier alpha value is -3.31. The van der Waals surface area contributed by atoms with Gasteiger partial charge in [-0.05, 0) is 24.6 Å². The number of aliphatic hydroxyl groups excluding tert-OH is 1. The van der Waals surface area contributed by atoms with Crippen molar-refractivity contribution in [2.45, 2.75) is 13.0 Å².